The molecule has 0 saturated heterocycles. The fourth-order valence-electron chi connectivity index (χ4n) is 1.99. The van der Waals surface area contributed by atoms with Crippen LogP contribution in [-0.4, -0.2) is 9.38 Å². The molecular weight excluding hydrogens is 282 g/mol. The summed E-state index contributed by atoms with van der Waals surface area (Å²) >= 11 is 1.33. The maximum absolute atomic E-state index is 12.4. The minimum absolute atomic E-state index is 0.0759. The van der Waals surface area contributed by atoms with Crippen molar-refractivity contribution in [1.82, 2.24) is 9.38 Å². The standard InChI is InChI=1S/C16H11N3OS/c1-11-7-8-14-18-15(21-12-5-3-2-4-6-12)13(9-17)16(20)19(14)10-11/h2-8,10H,1H3. The quantitative estimate of drug-likeness (QED) is 0.681. The van der Waals surface area contributed by atoms with E-state index < -0.39 is 0 Å². The number of pyridine rings is 1. The van der Waals surface area contributed by atoms with Crippen molar-refractivity contribution >= 4 is 17.4 Å². The Morgan fingerprint density at radius 1 is 1.19 bits per heavy atom. The summed E-state index contributed by atoms with van der Waals surface area (Å²) in [7, 11) is 0. The van der Waals surface area contributed by atoms with Gasteiger partial charge in [0.1, 0.15) is 16.7 Å². The largest absolute Gasteiger partial charge is 0.276 e. The molecule has 21 heavy (non-hydrogen) atoms. The normalized spacial score (nSPS) is 10.5. The van der Waals surface area contributed by atoms with E-state index in [1.54, 1.807) is 12.3 Å². The first-order valence-electron chi connectivity index (χ1n) is 6.35. The number of rotatable bonds is 2. The fourth-order valence-corrected chi connectivity index (χ4v) is 2.89. The number of benzene rings is 1. The molecule has 0 N–H and O–H groups in total. The lowest BCUT2D eigenvalue weighted by Gasteiger charge is -2.07. The van der Waals surface area contributed by atoms with Crippen molar-refractivity contribution < 1.29 is 0 Å². The van der Waals surface area contributed by atoms with E-state index in [-0.39, 0.29) is 11.1 Å². The first kappa shape index (κ1) is 13.4. The smallest absolute Gasteiger partial charge is 0.267 e. The molecule has 0 amide bonds. The fraction of sp³-hybridized carbons (Fsp3) is 0.0625. The van der Waals surface area contributed by atoms with Gasteiger partial charge in [-0.2, -0.15) is 5.26 Å². The van der Waals surface area contributed by atoms with Gasteiger partial charge in [0.05, 0.1) is 0 Å². The predicted molar refractivity (Wildman–Crippen MR) is 81.5 cm³/mol. The van der Waals surface area contributed by atoms with Crippen LogP contribution in [0.4, 0.5) is 0 Å². The van der Waals surface area contributed by atoms with Gasteiger partial charge >= 0.3 is 0 Å². The molecule has 5 heteroatoms. The summed E-state index contributed by atoms with van der Waals surface area (Å²) in [6.07, 6.45) is 1.70. The van der Waals surface area contributed by atoms with Gasteiger partial charge < -0.3 is 0 Å². The number of nitriles is 1. The molecule has 3 rings (SSSR count). The number of hydrogen-bond donors (Lipinski definition) is 0. The first-order chi connectivity index (χ1) is 10.2. The third-order valence-corrected chi connectivity index (χ3v) is 4.00. The molecule has 0 fully saturated rings. The van der Waals surface area contributed by atoms with Crippen molar-refractivity contribution in [3.63, 3.8) is 0 Å². The predicted octanol–water partition coefficient (Wildman–Crippen LogP) is 3.03. The molecule has 0 atom stereocenters. The average molecular weight is 293 g/mol. The van der Waals surface area contributed by atoms with Crippen LogP contribution in [0.15, 0.2) is 63.4 Å². The Morgan fingerprint density at radius 2 is 1.95 bits per heavy atom. The van der Waals surface area contributed by atoms with Gasteiger partial charge in [-0.25, -0.2) is 4.98 Å². The van der Waals surface area contributed by atoms with Gasteiger partial charge in [0.15, 0.2) is 5.56 Å². The van der Waals surface area contributed by atoms with Crippen LogP contribution in [0.25, 0.3) is 5.65 Å². The van der Waals surface area contributed by atoms with Crippen LogP contribution < -0.4 is 5.56 Å². The molecule has 0 aliphatic carbocycles. The van der Waals surface area contributed by atoms with Crippen molar-refractivity contribution in [3.8, 4) is 6.07 Å². The summed E-state index contributed by atoms with van der Waals surface area (Å²) < 4.78 is 1.42. The van der Waals surface area contributed by atoms with E-state index in [4.69, 9.17) is 0 Å². The SMILES string of the molecule is Cc1ccc2nc(Sc3ccccc3)c(C#N)c(=O)n2c1. The van der Waals surface area contributed by atoms with Crippen molar-refractivity contribution in [3.05, 3.63) is 70.1 Å². The lowest BCUT2D eigenvalue weighted by Crippen LogP contribution is -2.19. The summed E-state index contributed by atoms with van der Waals surface area (Å²) in [5.41, 5.74) is 1.23. The van der Waals surface area contributed by atoms with Crippen LogP contribution in [0.2, 0.25) is 0 Å². The van der Waals surface area contributed by atoms with Gasteiger partial charge in [0, 0.05) is 11.1 Å². The van der Waals surface area contributed by atoms with Gasteiger partial charge in [0.2, 0.25) is 0 Å². The second-order valence-electron chi connectivity index (χ2n) is 4.56. The first-order valence-corrected chi connectivity index (χ1v) is 7.17. The monoisotopic (exact) mass is 293 g/mol. The molecule has 0 aliphatic heterocycles. The summed E-state index contributed by atoms with van der Waals surface area (Å²) in [4.78, 5) is 17.8. The summed E-state index contributed by atoms with van der Waals surface area (Å²) in [5, 5.41) is 9.73. The third-order valence-electron chi connectivity index (χ3n) is 3.01. The van der Waals surface area contributed by atoms with Crippen LogP contribution in [0.1, 0.15) is 11.1 Å². The van der Waals surface area contributed by atoms with Crippen LogP contribution in [0, 0.1) is 18.3 Å². The van der Waals surface area contributed by atoms with E-state index in [9.17, 15) is 10.1 Å². The van der Waals surface area contributed by atoms with E-state index >= 15 is 0 Å². The molecule has 0 radical (unpaired) electrons. The Bertz CT molecular complexity index is 910. The number of fused-ring (bicyclic) bond motifs is 1. The molecule has 3 aromatic rings. The van der Waals surface area contributed by atoms with E-state index in [0.717, 1.165) is 10.5 Å². The molecule has 0 aliphatic rings. The van der Waals surface area contributed by atoms with Crippen molar-refractivity contribution in [2.45, 2.75) is 16.8 Å². The van der Waals surface area contributed by atoms with Gasteiger partial charge in [0.25, 0.3) is 5.56 Å². The van der Waals surface area contributed by atoms with Crippen LogP contribution in [-0.2, 0) is 0 Å². The molecule has 0 saturated carbocycles. The average Bonchev–Trinajstić information content (AvgIpc) is 2.50. The molecule has 0 unspecified atom stereocenters. The Kier molecular flexibility index (Phi) is 3.46. The van der Waals surface area contributed by atoms with E-state index in [0.29, 0.717) is 10.7 Å². The molecule has 2 heterocycles. The molecule has 1 aromatic carbocycles. The second kappa shape index (κ2) is 5.43. The van der Waals surface area contributed by atoms with E-state index in [2.05, 4.69) is 4.98 Å². The van der Waals surface area contributed by atoms with Crippen molar-refractivity contribution in [2.24, 2.45) is 0 Å². The van der Waals surface area contributed by atoms with E-state index in [1.165, 1.54) is 16.2 Å². The van der Waals surface area contributed by atoms with Gasteiger partial charge in [-0.15, -0.1) is 0 Å². The highest BCUT2D eigenvalue weighted by Crippen LogP contribution is 2.27. The molecule has 4 nitrogen and oxygen atoms in total. The van der Waals surface area contributed by atoms with Gasteiger partial charge in [-0.05, 0) is 30.7 Å². The zero-order chi connectivity index (χ0) is 14.8. The summed E-state index contributed by atoms with van der Waals surface area (Å²) in [6, 6.07) is 15.2. The Morgan fingerprint density at radius 3 is 2.67 bits per heavy atom. The number of aromatic nitrogens is 2. The van der Waals surface area contributed by atoms with Crippen LogP contribution >= 0.6 is 11.8 Å². The third kappa shape index (κ3) is 2.54. The maximum atomic E-state index is 12.4. The van der Waals surface area contributed by atoms with Crippen LogP contribution in [0.5, 0.6) is 0 Å². The summed E-state index contributed by atoms with van der Waals surface area (Å²) in [6.45, 7) is 1.89. The highest BCUT2D eigenvalue weighted by atomic mass is 32.2. The Hall–Kier alpha value is -2.58. The van der Waals surface area contributed by atoms with E-state index in [1.807, 2.05) is 49.4 Å². The van der Waals surface area contributed by atoms with Crippen LogP contribution in [0.3, 0.4) is 0 Å². The topological polar surface area (TPSA) is 58.2 Å². The molecule has 0 spiro atoms. The molecule has 102 valence electrons. The minimum atomic E-state index is -0.329. The summed E-state index contributed by atoms with van der Waals surface area (Å²) in [5.74, 6) is 0. The maximum Gasteiger partial charge on any atom is 0.276 e. The number of nitrogens with zero attached hydrogens (tertiary/aromatic N) is 3. The highest BCUT2D eigenvalue weighted by Gasteiger charge is 2.13. The van der Waals surface area contributed by atoms with Gasteiger partial charge in [-0.1, -0.05) is 36.0 Å². The lowest BCUT2D eigenvalue weighted by atomic mass is 10.3. The zero-order valence-electron chi connectivity index (χ0n) is 11.3. The lowest BCUT2D eigenvalue weighted by molar-refractivity contribution is 0.961. The molecule has 2 aromatic heterocycles. The Balaban J connectivity index is 2.21. The zero-order valence-corrected chi connectivity index (χ0v) is 12.1. The number of aryl methyl sites for hydroxylation is 1. The number of hydrogen-bond acceptors (Lipinski definition) is 4. The second-order valence-corrected chi connectivity index (χ2v) is 5.62. The van der Waals surface area contributed by atoms with Crippen molar-refractivity contribution in [1.29, 1.82) is 5.26 Å². The van der Waals surface area contributed by atoms with Gasteiger partial charge in [-0.3, -0.25) is 9.20 Å². The molecule has 0 bridgehead atoms. The Labute approximate surface area is 125 Å². The molecular formula is C16H11N3OS. The van der Waals surface area contributed by atoms with Crippen molar-refractivity contribution in [2.75, 3.05) is 0 Å². The minimum Gasteiger partial charge on any atom is -0.267 e. The highest BCUT2D eigenvalue weighted by molar-refractivity contribution is 7.99.